The smallest absolute Gasteiger partial charge is 0.272 e. The highest BCUT2D eigenvalue weighted by Gasteiger charge is 2.20. The third-order valence-corrected chi connectivity index (χ3v) is 5.59. The number of halogens is 1. The second-order valence-electron chi connectivity index (χ2n) is 7.55. The summed E-state index contributed by atoms with van der Waals surface area (Å²) in [6, 6.07) is 8.35. The van der Waals surface area contributed by atoms with E-state index in [4.69, 9.17) is 15.2 Å². The number of hydrogen-bond acceptors (Lipinski definition) is 6. The van der Waals surface area contributed by atoms with Gasteiger partial charge in [-0.15, -0.1) is 0 Å². The molecule has 0 radical (unpaired) electrons. The molecular weight excluding hydrogens is 413 g/mol. The minimum absolute atomic E-state index is 0.0195. The number of pyridine rings is 2. The van der Waals surface area contributed by atoms with Crippen LogP contribution in [0, 0.1) is 5.82 Å². The Hall–Kier alpha value is -3.98. The molecule has 0 spiro atoms. The molecule has 5 rings (SSSR count). The molecule has 0 fully saturated rings. The summed E-state index contributed by atoms with van der Waals surface area (Å²) in [7, 11) is 1.61. The summed E-state index contributed by atoms with van der Waals surface area (Å²) in [5.41, 5.74) is 8.31. The minimum atomic E-state index is -0.444. The maximum atomic E-state index is 14.3. The average molecular weight is 433 g/mol. The molecule has 2 aromatic carbocycles. The molecule has 9 heteroatoms. The van der Waals surface area contributed by atoms with E-state index in [2.05, 4.69) is 20.2 Å². The molecule has 0 amide bonds. The zero-order chi connectivity index (χ0) is 22.4. The van der Waals surface area contributed by atoms with Crippen LogP contribution in [0.1, 0.15) is 6.92 Å². The van der Waals surface area contributed by atoms with Gasteiger partial charge in [-0.1, -0.05) is 6.07 Å². The number of hydrogen-bond donors (Lipinski definition) is 3. The first-order valence-electron chi connectivity index (χ1n) is 10.00. The van der Waals surface area contributed by atoms with Gasteiger partial charge in [0.25, 0.3) is 5.56 Å². The van der Waals surface area contributed by atoms with E-state index in [1.165, 1.54) is 12.3 Å². The van der Waals surface area contributed by atoms with Crippen molar-refractivity contribution in [3.63, 3.8) is 0 Å². The van der Waals surface area contributed by atoms with Gasteiger partial charge in [-0.05, 0) is 36.8 Å². The van der Waals surface area contributed by atoms with Crippen molar-refractivity contribution in [2.45, 2.75) is 13.0 Å². The van der Waals surface area contributed by atoms with Crippen molar-refractivity contribution in [2.24, 2.45) is 0 Å². The largest absolute Gasteiger partial charge is 0.489 e. The van der Waals surface area contributed by atoms with E-state index in [0.717, 1.165) is 0 Å². The average Bonchev–Trinajstić information content (AvgIpc) is 3.30. The zero-order valence-electron chi connectivity index (χ0n) is 17.4. The Morgan fingerprint density at radius 1 is 1.19 bits per heavy atom. The van der Waals surface area contributed by atoms with Crippen molar-refractivity contribution in [1.82, 2.24) is 20.2 Å². The Morgan fingerprint density at radius 2 is 2.03 bits per heavy atom. The first-order chi connectivity index (χ1) is 15.5. The van der Waals surface area contributed by atoms with E-state index in [0.29, 0.717) is 50.7 Å². The number of aromatic nitrogens is 4. The predicted octanol–water partition coefficient (Wildman–Crippen LogP) is 3.75. The molecule has 0 saturated carbocycles. The molecule has 0 aliphatic heterocycles. The van der Waals surface area contributed by atoms with Crippen LogP contribution in [0.2, 0.25) is 0 Å². The lowest BCUT2D eigenvalue weighted by atomic mass is 9.95. The number of nitrogens with two attached hydrogens (primary N) is 1. The molecule has 5 aromatic rings. The van der Waals surface area contributed by atoms with Crippen LogP contribution in [-0.4, -0.2) is 40.0 Å². The number of methoxy groups -OCH3 is 1. The van der Waals surface area contributed by atoms with Gasteiger partial charge in [-0.3, -0.25) is 14.9 Å². The molecular formula is C23H20FN5O3. The zero-order valence-corrected chi connectivity index (χ0v) is 17.4. The second-order valence-corrected chi connectivity index (χ2v) is 7.55. The lowest BCUT2D eigenvalue weighted by Crippen LogP contribution is -2.17. The number of fused-ring (bicyclic) bond motifs is 4. The van der Waals surface area contributed by atoms with Gasteiger partial charge in [0.1, 0.15) is 34.9 Å². The number of nitrogen functional groups attached to an aromatic ring is 1. The van der Waals surface area contributed by atoms with Crippen molar-refractivity contribution in [3.05, 3.63) is 58.9 Å². The van der Waals surface area contributed by atoms with E-state index in [1.54, 1.807) is 31.5 Å². The van der Waals surface area contributed by atoms with Crippen LogP contribution in [0.3, 0.4) is 0 Å². The highest BCUT2D eigenvalue weighted by atomic mass is 19.1. The molecule has 0 saturated heterocycles. The fourth-order valence-electron chi connectivity index (χ4n) is 3.89. The van der Waals surface area contributed by atoms with Crippen LogP contribution in [0.25, 0.3) is 43.8 Å². The molecule has 0 aliphatic carbocycles. The van der Waals surface area contributed by atoms with E-state index in [9.17, 15) is 9.18 Å². The van der Waals surface area contributed by atoms with Crippen molar-refractivity contribution < 1.29 is 13.9 Å². The predicted molar refractivity (Wildman–Crippen MR) is 121 cm³/mol. The Labute approximate surface area is 181 Å². The lowest BCUT2D eigenvalue weighted by Gasteiger charge is -2.17. The highest BCUT2D eigenvalue weighted by molar-refractivity contribution is 6.15. The topological polar surface area (TPSA) is 119 Å². The summed E-state index contributed by atoms with van der Waals surface area (Å²) in [5.74, 6) is 0.0800. The Kier molecular flexibility index (Phi) is 4.75. The summed E-state index contributed by atoms with van der Waals surface area (Å²) in [4.78, 5) is 20.1. The van der Waals surface area contributed by atoms with Crippen LogP contribution >= 0.6 is 0 Å². The third-order valence-electron chi connectivity index (χ3n) is 5.59. The number of anilines is 1. The van der Waals surface area contributed by atoms with Gasteiger partial charge in [0.05, 0.1) is 17.8 Å². The monoisotopic (exact) mass is 433 g/mol. The van der Waals surface area contributed by atoms with E-state index in [1.807, 2.05) is 13.0 Å². The van der Waals surface area contributed by atoms with Crippen LogP contribution in [-0.2, 0) is 4.74 Å². The SMILES string of the molecule is CO[C@@H](C)COc1cc2c(-c3ccc(F)c4[nH]ncc34)c(N)c(=O)[nH]c2c2cccnc12. The van der Waals surface area contributed by atoms with Crippen molar-refractivity contribution >= 4 is 38.4 Å². The fourth-order valence-corrected chi connectivity index (χ4v) is 3.89. The van der Waals surface area contributed by atoms with Gasteiger partial charge in [-0.25, -0.2) is 4.39 Å². The first kappa shape index (κ1) is 20.0. The highest BCUT2D eigenvalue weighted by Crippen LogP contribution is 2.40. The molecule has 4 N–H and O–H groups in total. The second kappa shape index (κ2) is 7.61. The Morgan fingerprint density at radius 3 is 2.84 bits per heavy atom. The maximum absolute atomic E-state index is 14.3. The molecule has 162 valence electrons. The summed E-state index contributed by atoms with van der Waals surface area (Å²) in [6.45, 7) is 2.20. The summed E-state index contributed by atoms with van der Waals surface area (Å²) >= 11 is 0. The molecule has 0 aliphatic rings. The van der Waals surface area contributed by atoms with Crippen molar-refractivity contribution in [2.75, 3.05) is 19.5 Å². The number of nitrogens with zero attached hydrogens (tertiary/aromatic N) is 2. The first-order valence-corrected chi connectivity index (χ1v) is 10.00. The maximum Gasteiger partial charge on any atom is 0.272 e. The minimum Gasteiger partial charge on any atom is -0.489 e. The van der Waals surface area contributed by atoms with Crippen molar-refractivity contribution in [3.8, 4) is 16.9 Å². The normalized spacial score (nSPS) is 12.6. The van der Waals surface area contributed by atoms with E-state index in [-0.39, 0.29) is 17.3 Å². The van der Waals surface area contributed by atoms with Gasteiger partial charge in [0.2, 0.25) is 0 Å². The number of H-pyrrole nitrogens is 2. The third kappa shape index (κ3) is 3.05. The van der Waals surface area contributed by atoms with Crippen LogP contribution < -0.4 is 16.0 Å². The number of aromatic amines is 2. The number of ether oxygens (including phenoxy) is 2. The molecule has 0 bridgehead atoms. The van der Waals surface area contributed by atoms with E-state index < -0.39 is 11.4 Å². The van der Waals surface area contributed by atoms with Crippen LogP contribution in [0.4, 0.5) is 10.1 Å². The van der Waals surface area contributed by atoms with Crippen LogP contribution in [0.5, 0.6) is 5.75 Å². The number of nitrogens with one attached hydrogen (secondary N) is 2. The molecule has 8 nitrogen and oxygen atoms in total. The summed E-state index contributed by atoms with van der Waals surface area (Å²) in [5, 5.41) is 8.50. The Balaban J connectivity index is 1.88. The van der Waals surface area contributed by atoms with Crippen molar-refractivity contribution in [1.29, 1.82) is 0 Å². The number of rotatable bonds is 5. The van der Waals surface area contributed by atoms with Crippen LogP contribution in [0.15, 0.2) is 47.5 Å². The molecule has 0 unspecified atom stereocenters. The molecule has 3 heterocycles. The standard InChI is InChI=1S/C23H20FN5O3/c1-11(31-2)10-32-17-8-14-18(12-5-6-16(24)21-15(12)9-27-29-21)19(25)23(30)28-20(14)13-4-3-7-26-22(13)17/h3-9,11H,10,25H2,1-2H3,(H,27,29)(H,28,30)/t11-/m0/s1. The number of benzene rings is 2. The van der Waals surface area contributed by atoms with Gasteiger partial charge in [0.15, 0.2) is 0 Å². The van der Waals surface area contributed by atoms with E-state index >= 15 is 0 Å². The summed E-state index contributed by atoms with van der Waals surface area (Å²) in [6.07, 6.45) is 3.04. The van der Waals surface area contributed by atoms with Gasteiger partial charge in [-0.2, -0.15) is 5.10 Å². The quantitative estimate of drug-likeness (QED) is 0.363. The molecule has 1 atom stereocenters. The molecule has 32 heavy (non-hydrogen) atoms. The van der Waals surface area contributed by atoms with Gasteiger partial charge < -0.3 is 20.2 Å². The fraction of sp³-hybridized carbons (Fsp3) is 0.174. The van der Waals surface area contributed by atoms with Gasteiger partial charge >= 0.3 is 0 Å². The van der Waals surface area contributed by atoms with Gasteiger partial charge in [0, 0.05) is 35.0 Å². The Bertz CT molecular complexity index is 1540. The summed E-state index contributed by atoms with van der Waals surface area (Å²) < 4.78 is 25.6. The molecule has 3 aromatic heterocycles. The lowest BCUT2D eigenvalue weighted by molar-refractivity contribution is 0.0722.